The minimum absolute atomic E-state index is 0. The van der Waals surface area contributed by atoms with Gasteiger partial charge in [0.2, 0.25) is 0 Å². The number of fused-ring (bicyclic) bond motifs is 2. The van der Waals surface area contributed by atoms with E-state index in [1.54, 1.807) is 12.5 Å². The van der Waals surface area contributed by atoms with Crippen LogP contribution in [0.5, 0.6) is 0 Å². The van der Waals surface area contributed by atoms with Gasteiger partial charge >= 0.3 is 30.2 Å². The normalized spacial score (nSPS) is 9.03. The quantitative estimate of drug-likeness (QED) is 0.150. The van der Waals surface area contributed by atoms with Gasteiger partial charge in [0.1, 0.15) is 0 Å². The maximum atomic E-state index is 5.39. The van der Waals surface area contributed by atoms with Crippen LogP contribution >= 0.6 is 24.8 Å². The Hall–Kier alpha value is -2.10. The van der Waals surface area contributed by atoms with Gasteiger partial charge in [-0.3, -0.25) is 0 Å². The van der Waals surface area contributed by atoms with Crippen molar-refractivity contribution in [1.82, 2.24) is 0 Å². The van der Waals surface area contributed by atoms with Crippen LogP contribution in [0.3, 0.4) is 0 Å². The van der Waals surface area contributed by atoms with Crippen molar-refractivity contribution in [3.8, 4) is 22.6 Å². The average Bonchev–Trinajstić information content (AvgIpc) is 3.61. The van der Waals surface area contributed by atoms with Crippen molar-refractivity contribution in [3.63, 3.8) is 0 Å². The molecule has 0 aliphatic carbocycles. The monoisotopic (exact) mass is 582 g/mol. The molecule has 0 N–H and O–H groups in total. The first-order valence-electron chi connectivity index (χ1n) is 9.52. The van der Waals surface area contributed by atoms with Crippen molar-refractivity contribution in [3.05, 3.63) is 124 Å². The fourth-order valence-electron chi connectivity index (χ4n) is 3.59. The van der Waals surface area contributed by atoms with Gasteiger partial charge in [-0.15, -0.1) is 107 Å². The SMILES string of the molecule is Cl.Cl.[CH3-].[CH3-].[Si]=[Zr].c1coc(-c2c[cH-]c3ccccc23)c1.c1coc(-c2c[cH-]c3ccccc23)c1. The summed E-state index contributed by atoms with van der Waals surface area (Å²) in [6.07, 6.45) is 3.41. The molecule has 6 aromatic rings. The molecule has 0 unspecified atom stereocenters. The van der Waals surface area contributed by atoms with E-state index in [-0.39, 0.29) is 39.7 Å². The van der Waals surface area contributed by atoms with Gasteiger partial charge in [0.05, 0.1) is 24.0 Å². The van der Waals surface area contributed by atoms with E-state index in [0.717, 1.165) is 11.5 Å². The van der Waals surface area contributed by atoms with Gasteiger partial charge in [-0.2, -0.15) is 0 Å². The second-order valence-corrected chi connectivity index (χ2v) is 6.62. The summed E-state index contributed by atoms with van der Waals surface area (Å²) in [5, 5.41) is 5.03. The molecule has 0 fully saturated rings. The van der Waals surface area contributed by atoms with E-state index in [9.17, 15) is 0 Å². The van der Waals surface area contributed by atoms with Crippen LogP contribution in [0.4, 0.5) is 0 Å². The van der Waals surface area contributed by atoms with Crippen LogP contribution in [-0.4, -0.2) is 6.88 Å². The van der Waals surface area contributed by atoms with Gasteiger partial charge in [-0.1, -0.05) is 23.3 Å². The molecule has 4 aromatic carbocycles. The molecule has 6 heteroatoms. The Kier molecular flexibility index (Phi) is 14.8. The van der Waals surface area contributed by atoms with Gasteiger partial charge in [0.15, 0.2) is 0 Å². The van der Waals surface area contributed by atoms with Gasteiger partial charge in [0.25, 0.3) is 0 Å². The molecular formula is C28H26Cl2O2SiZr-4. The van der Waals surface area contributed by atoms with Crippen molar-refractivity contribution in [2.24, 2.45) is 0 Å². The first-order valence-corrected chi connectivity index (χ1v) is 13.7. The summed E-state index contributed by atoms with van der Waals surface area (Å²) < 4.78 is 10.8. The van der Waals surface area contributed by atoms with Gasteiger partial charge in [-0.25, -0.2) is 0 Å². The molecule has 0 aliphatic rings. The Labute approximate surface area is 231 Å². The number of hydrogen-bond donors (Lipinski definition) is 0. The second kappa shape index (κ2) is 15.7. The molecule has 2 radical (unpaired) electrons. The predicted molar refractivity (Wildman–Crippen MR) is 148 cm³/mol. The minimum atomic E-state index is 0. The van der Waals surface area contributed by atoms with E-state index in [1.807, 2.05) is 36.4 Å². The van der Waals surface area contributed by atoms with Gasteiger partial charge in [-0.05, 0) is 24.3 Å². The summed E-state index contributed by atoms with van der Waals surface area (Å²) in [6.45, 7) is 3.06. The zero-order chi connectivity index (χ0) is 20.8. The van der Waals surface area contributed by atoms with Crippen LogP contribution in [0.2, 0.25) is 0 Å². The smallest absolute Gasteiger partial charge is 0.0899 e. The third-order valence-corrected chi connectivity index (χ3v) is 4.93. The Bertz CT molecular complexity index is 1230. The molecule has 0 amide bonds. The molecule has 6 rings (SSSR count). The summed E-state index contributed by atoms with van der Waals surface area (Å²) in [4.78, 5) is 0. The Morgan fingerprint density at radius 2 is 0.941 bits per heavy atom. The first kappa shape index (κ1) is 31.9. The Morgan fingerprint density at radius 3 is 1.29 bits per heavy atom. The van der Waals surface area contributed by atoms with Crippen LogP contribution in [0, 0.1) is 14.9 Å². The van der Waals surface area contributed by atoms with Crippen molar-refractivity contribution >= 4 is 53.2 Å². The Balaban J connectivity index is 0.000000538. The van der Waals surface area contributed by atoms with E-state index in [2.05, 4.69) is 67.5 Å². The summed E-state index contributed by atoms with van der Waals surface area (Å²) in [5.41, 5.74) is 2.34. The number of furan rings is 2. The van der Waals surface area contributed by atoms with Crippen LogP contribution in [0.25, 0.3) is 44.2 Å². The number of benzene rings is 2. The molecule has 34 heavy (non-hydrogen) atoms. The molecule has 0 atom stereocenters. The standard InChI is InChI=1S/2C13H9O.2CH3.2ClH.Si.Zr/c2*1-2-5-11-10(4-1)7-8-12(11)13-6-3-9-14-13;;;;;;/h2*1-9H;2*1H3;2*1H;;/q4*-1;;;;. The molecule has 2 heterocycles. The van der Waals surface area contributed by atoms with Crippen molar-refractivity contribution in [2.45, 2.75) is 0 Å². The van der Waals surface area contributed by atoms with Crippen molar-refractivity contribution in [1.29, 1.82) is 0 Å². The zero-order valence-corrected chi connectivity index (χ0v) is 24.1. The third-order valence-electron chi connectivity index (χ3n) is 4.93. The molecule has 0 bridgehead atoms. The average molecular weight is 585 g/mol. The van der Waals surface area contributed by atoms with Crippen molar-refractivity contribution < 1.29 is 32.2 Å². The minimum Gasteiger partial charge on any atom is -0.475 e. The van der Waals surface area contributed by atoms with E-state index in [0.29, 0.717) is 0 Å². The first-order chi connectivity index (χ1) is 14.9. The molecular weight excluding hydrogens is 559 g/mol. The summed E-state index contributed by atoms with van der Waals surface area (Å²) in [5.74, 6) is 1.87. The van der Waals surface area contributed by atoms with Crippen LogP contribution in [-0.2, 0) is 23.3 Å². The summed E-state index contributed by atoms with van der Waals surface area (Å²) in [6, 6.07) is 32.9. The van der Waals surface area contributed by atoms with Gasteiger partial charge in [0, 0.05) is 0 Å². The van der Waals surface area contributed by atoms with Crippen molar-refractivity contribution in [2.75, 3.05) is 0 Å². The maximum Gasteiger partial charge on any atom is 0.0899 e. The topological polar surface area (TPSA) is 26.3 Å². The van der Waals surface area contributed by atoms with E-state index in [1.165, 1.54) is 56.0 Å². The van der Waals surface area contributed by atoms with E-state index < -0.39 is 0 Å². The summed E-state index contributed by atoms with van der Waals surface area (Å²) in [7, 11) is 0. The fraction of sp³-hybridized carbons (Fsp3) is 0. The molecule has 0 spiro atoms. The Morgan fingerprint density at radius 1 is 0.559 bits per heavy atom. The molecule has 0 aliphatic heterocycles. The van der Waals surface area contributed by atoms with E-state index in [4.69, 9.17) is 8.83 Å². The molecule has 2 nitrogen and oxygen atoms in total. The number of hydrogen-bond acceptors (Lipinski definition) is 2. The van der Waals surface area contributed by atoms with E-state index >= 15 is 0 Å². The molecule has 2 aromatic heterocycles. The van der Waals surface area contributed by atoms with Crippen LogP contribution < -0.4 is 0 Å². The largest absolute Gasteiger partial charge is 0.475 e. The molecule has 176 valence electrons. The predicted octanol–water partition coefficient (Wildman–Crippen LogP) is 9.00. The van der Waals surface area contributed by atoms with Crippen LogP contribution in [0.15, 0.2) is 118 Å². The molecule has 0 saturated heterocycles. The fourth-order valence-corrected chi connectivity index (χ4v) is 3.59. The second-order valence-electron chi connectivity index (χ2n) is 6.62. The number of rotatable bonds is 2. The maximum absolute atomic E-state index is 5.39. The molecule has 0 saturated carbocycles. The number of halogens is 2. The van der Waals surface area contributed by atoms with Gasteiger partial charge < -0.3 is 23.7 Å². The summed E-state index contributed by atoms with van der Waals surface area (Å²) >= 11 is 1.36. The third kappa shape index (κ3) is 6.96. The van der Waals surface area contributed by atoms with Crippen LogP contribution in [0.1, 0.15) is 0 Å². The zero-order valence-electron chi connectivity index (χ0n) is 19.0.